The van der Waals surface area contributed by atoms with Crippen molar-refractivity contribution in [1.82, 2.24) is 24.6 Å². The molecule has 0 fully saturated rings. The van der Waals surface area contributed by atoms with Gasteiger partial charge in [-0.1, -0.05) is 43.7 Å². The lowest BCUT2D eigenvalue weighted by Gasteiger charge is -2.42. The molecule has 0 aliphatic carbocycles. The molecule has 154 valence electrons. The number of anilines is 2. The smallest absolute Gasteiger partial charge is 0.259 e. The van der Waals surface area contributed by atoms with E-state index in [2.05, 4.69) is 84.3 Å². The lowest BCUT2D eigenvalue weighted by molar-refractivity contribution is 0.332. The normalized spacial score (nSPS) is 13.0. The fourth-order valence-corrected chi connectivity index (χ4v) is 3.07. The van der Waals surface area contributed by atoms with Crippen LogP contribution in [0.2, 0.25) is 0 Å². The Bertz CT molecular complexity index is 1050. The number of benzene rings is 1. The first-order chi connectivity index (χ1) is 13.6. The topological polar surface area (TPSA) is 103 Å². The summed E-state index contributed by atoms with van der Waals surface area (Å²) in [4.78, 5) is 13.3. The van der Waals surface area contributed by atoms with Gasteiger partial charge in [0.05, 0.1) is 7.11 Å². The number of nitrogens with two attached hydrogens (primary N) is 1. The minimum Gasteiger partial charge on any atom is -0.493 e. The van der Waals surface area contributed by atoms with Crippen molar-refractivity contribution in [3.63, 3.8) is 0 Å². The Morgan fingerprint density at radius 1 is 1.10 bits per heavy atom. The van der Waals surface area contributed by atoms with Crippen LogP contribution < -0.4 is 11.1 Å². The number of aryl methyl sites for hydroxylation is 1. The Hall–Kier alpha value is -3.16. The number of nitrogens with zero attached hydrogens (tertiary/aromatic N) is 5. The van der Waals surface area contributed by atoms with Gasteiger partial charge >= 0.3 is 0 Å². The molecule has 8 nitrogen and oxygen atoms in total. The molecule has 0 aliphatic rings. The van der Waals surface area contributed by atoms with Crippen LogP contribution in [0.15, 0.2) is 30.3 Å². The van der Waals surface area contributed by atoms with Crippen molar-refractivity contribution < 1.29 is 4.74 Å². The molecule has 0 amide bonds. The monoisotopic (exact) mass is 395 g/mol. The Morgan fingerprint density at radius 2 is 1.76 bits per heavy atom. The maximum Gasteiger partial charge on any atom is 0.259 e. The third-order valence-electron chi connectivity index (χ3n) is 5.70. The summed E-state index contributed by atoms with van der Waals surface area (Å²) in [6, 6.07) is 8.57. The summed E-state index contributed by atoms with van der Waals surface area (Å²) >= 11 is 0. The Labute approximate surface area is 171 Å². The van der Waals surface area contributed by atoms with Crippen molar-refractivity contribution in [2.75, 3.05) is 18.2 Å². The highest BCUT2D eigenvalue weighted by atomic mass is 16.5. The second-order valence-electron chi connectivity index (χ2n) is 8.15. The molecule has 1 aromatic carbocycles. The van der Waals surface area contributed by atoms with E-state index < -0.39 is 0 Å². The number of hydrogen-bond acceptors (Lipinski definition) is 7. The molecule has 2 heterocycles. The Kier molecular flexibility index (Phi) is 5.21. The van der Waals surface area contributed by atoms with Crippen LogP contribution in [0.1, 0.15) is 51.6 Å². The van der Waals surface area contributed by atoms with Crippen molar-refractivity contribution in [3.8, 4) is 0 Å². The standard InChI is InChI=1S/C21H29N7O/c1-8-15(29-7)16-23-19-25-18(24-17(22)28(19)27-16)26-21(5,6)20(3,4)14-11-9-13(2)10-12-14/h8-12H,1-7H3,(H3,22,23,24,25,26,27)/b15-8-. The van der Waals surface area contributed by atoms with E-state index >= 15 is 0 Å². The van der Waals surface area contributed by atoms with Gasteiger partial charge in [-0.2, -0.15) is 19.5 Å². The van der Waals surface area contributed by atoms with Crippen molar-refractivity contribution >= 4 is 23.4 Å². The molecule has 0 saturated heterocycles. The molecule has 0 saturated carbocycles. The number of ether oxygens (including phenoxy) is 1. The van der Waals surface area contributed by atoms with Gasteiger partial charge in [0.15, 0.2) is 5.76 Å². The van der Waals surface area contributed by atoms with E-state index in [1.54, 1.807) is 13.2 Å². The average molecular weight is 396 g/mol. The number of nitrogen functional groups attached to an aromatic ring is 1. The molecule has 29 heavy (non-hydrogen) atoms. The Balaban J connectivity index is 1.96. The maximum absolute atomic E-state index is 6.12. The highest BCUT2D eigenvalue weighted by Crippen LogP contribution is 2.36. The third-order valence-corrected chi connectivity index (χ3v) is 5.70. The number of methoxy groups -OCH3 is 1. The average Bonchev–Trinajstić information content (AvgIpc) is 3.07. The predicted molar refractivity (Wildman–Crippen MR) is 116 cm³/mol. The molecule has 0 unspecified atom stereocenters. The van der Waals surface area contributed by atoms with Gasteiger partial charge in [-0.15, -0.1) is 5.10 Å². The molecule has 3 aromatic rings. The zero-order valence-electron chi connectivity index (χ0n) is 18.1. The summed E-state index contributed by atoms with van der Waals surface area (Å²) in [7, 11) is 1.57. The lowest BCUT2D eigenvalue weighted by atomic mass is 9.69. The second kappa shape index (κ2) is 7.35. The number of allylic oxidation sites excluding steroid dienone is 1. The van der Waals surface area contributed by atoms with Crippen molar-refractivity contribution in [2.24, 2.45) is 0 Å². The summed E-state index contributed by atoms with van der Waals surface area (Å²) in [5, 5.41) is 7.77. The van der Waals surface area contributed by atoms with Crippen molar-refractivity contribution in [2.45, 2.75) is 52.5 Å². The van der Waals surface area contributed by atoms with E-state index in [1.165, 1.54) is 15.6 Å². The van der Waals surface area contributed by atoms with Crippen LogP contribution in [0.3, 0.4) is 0 Å². The van der Waals surface area contributed by atoms with Gasteiger partial charge in [-0.3, -0.25) is 0 Å². The van der Waals surface area contributed by atoms with Crippen molar-refractivity contribution in [3.05, 3.63) is 47.3 Å². The largest absolute Gasteiger partial charge is 0.493 e. The van der Waals surface area contributed by atoms with Gasteiger partial charge in [0, 0.05) is 11.0 Å². The summed E-state index contributed by atoms with van der Waals surface area (Å²) in [5.41, 5.74) is 7.98. The van der Waals surface area contributed by atoms with E-state index in [0.29, 0.717) is 23.3 Å². The molecule has 3 N–H and O–H groups in total. The van der Waals surface area contributed by atoms with Crippen LogP contribution in [-0.2, 0) is 10.2 Å². The highest BCUT2D eigenvalue weighted by Gasteiger charge is 2.39. The zero-order valence-corrected chi connectivity index (χ0v) is 18.1. The number of nitrogens with one attached hydrogen (secondary N) is 1. The zero-order chi connectivity index (χ0) is 21.4. The fourth-order valence-electron chi connectivity index (χ4n) is 3.07. The van der Waals surface area contributed by atoms with E-state index in [0.717, 1.165) is 0 Å². The quantitative estimate of drug-likeness (QED) is 0.615. The molecular weight excluding hydrogens is 366 g/mol. The van der Waals surface area contributed by atoms with E-state index in [9.17, 15) is 0 Å². The van der Waals surface area contributed by atoms with Gasteiger partial charge in [0.25, 0.3) is 5.78 Å². The SMILES string of the molecule is C/C=C(\OC)c1nc2nc(NC(C)(C)C(C)(C)c3ccc(C)cc3)nc(N)n2n1. The predicted octanol–water partition coefficient (Wildman–Crippen LogP) is 3.59. The summed E-state index contributed by atoms with van der Waals surface area (Å²) in [5.74, 6) is 1.92. The first kappa shape index (κ1) is 20.6. The first-order valence-electron chi connectivity index (χ1n) is 9.55. The molecule has 8 heteroatoms. The molecule has 3 rings (SSSR count). The molecule has 0 spiro atoms. The van der Waals surface area contributed by atoms with E-state index in [-0.39, 0.29) is 16.9 Å². The molecule has 2 aromatic heterocycles. The number of rotatable bonds is 6. The van der Waals surface area contributed by atoms with Crippen LogP contribution in [0, 0.1) is 6.92 Å². The van der Waals surface area contributed by atoms with Crippen LogP contribution >= 0.6 is 0 Å². The Morgan fingerprint density at radius 3 is 2.34 bits per heavy atom. The van der Waals surface area contributed by atoms with Crippen LogP contribution in [0.5, 0.6) is 0 Å². The fraction of sp³-hybridized carbons (Fsp3) is 0.429. The number of hydrogen-bond donors (Lipinski definition) is 2. The van der Waals surface area contributed by atoms with Crippen LogP contribution in [0.25, 0.3) is 11.5 Å². The molecule has 0 atom stereocenters. The maximum atomic E-state index is 6.12. The van der Waals surface area contributed by atoms with Gasteiger partial charge in [-0.05, 0) is 39.3 Å². The van der Waals surface area contributed by atoms with E-state index in [1.807, 2.05) is 6.92 Å². The number of aromatic nitrogens is 5. The first-order valence-corrected chi connectivity index (χ1v) is 9.55. The number of fused-ring (bicyclic) bond motifs is 1. The second-order valence-corrected chi connectivity index (χ2v) is 8.15. The summed E-state index contributed by atoms with van der Waals surface area (Å²) in [6.07, 6.45) is 1.78. The van der Waals surface area contributed by atoms with Crippen molar-refractivity contribution in [1.29, 1.82) is 0 Å². The summed E-state index contributed by atoms with van der Waals surface area (Å²) < 4.78 is 6.69. The molecule has 0 radical (unpaired) electrons. The lowest BCUT2D eigenvalue weighted by Crippen LogP contribution is -2.49. The van der Waals surface area contributed by atoms with Gasteiger partial charge in [0.2, 0.25) is 17.7 Å². The van der Waals surface area contributed by atoms with E-state index in [4.69, 9.17) is 10.5 Å². The van der Waals surface area contributed by atoms with Gasteiger partial charge in [0.1, 0.15) is 0 Å². The summed E-state index contributed by atoms with van der Waals surface area (Å²) in [6.45, 7) is 12.6. The minimum atomic E-state index is -0.378. The minimum absolute atomic E-state index is 0.201. The van der Waals surface area contributed by atoms with Gasteiger partial charge in [-0.25, -0.2) is 0 Å². The third kappa shape index (κ3) is 3.74. The van der Waals surface area contributed by atoms with Gasteiger partial charge < -0.3 is 15.8 Å². The molecular formula is C21H29N7O. The molecule has 0 aliphatic heterocycles. The molecule has 0 bridgehead atoms. The highest BCUT2D eigenvalue weighted by molar-refractivity contribution is 5.55. The van der Waals surface area contributed by atoms with Crippen LogP contribution in [-0.4, -0.2) is 37.2 Å². The van der Waals surface area contributed by atoms with Crippen LogP contribution in [0.4, 0.5) is 11.9 Å².